The van der Waals surface area contributed by atoms with E-state index in [1.807, 2.05) is 4.68 Å². The Kier molecular flexibility index (Phi) is 3.56. The molecule has 3 heterocycles. The summed E-state index contributed by atoms with van der Waals surface area (Å²) in [6.45, 7) is 6.03. The van der Waals surface area contributed by atoms with Crippen LogP contribution in [0.4, 0.5) is 0 Å². The van der Waals surface area contributed by atoms with Crippen molar-refractivity contribution in [2.45, 2.75) is 46.2 Å². The third kappa shape index (κ3) is 2.14. The van der Waals surface area contributed by atoms with Gasteiger partial charge in [-0.15, -0.1) is 10.2 Å². The average Bonchev–Trinajstić information content (AvgIpc) is 3.09. The van der Waals surface area contributed by atoms with Gasteiger partial charge in [-0.25, -0.2) is 0 Å². The van der Waals surface area contributed by atoms with Gasteiger partial charge in [0.2, 0.25) is 0 Å². The van der Waals surface area contributed by atoms with E-state index in [1.54, 1.807) is 0 Å². The number of aliphatic hydroxyl groups excluding tert-OH is 1. The number of nitrogens with zero attached hydrogens (tertiary/aromatic N) is 5. The minimum atomic E-state index is 0.226. The Morgan fingerprint density at radius 3 is 2.90 bits per heavy atom. The fourth-order valence-electron chi connectivity index (χ4n) is 2.80. The van der Waals surface area contributed by atoms with Crippen molar-refractivity contribution in [1.82, 2.24) is 24.5 Å². The lowest BCUT2D eigenvalue weighted by atomic mass is 10.0. The molecule has 6 nitrogen and oxygen atoms in total. The van der Waals surface area contributed by atoms with E-state index in [0.717, 1.165) is 55.4 Å². The summed E-state index contributed by atoms with van der Waals surface area (Å²) >= 11 is 0. The zero-order valence-corrected chi connectivity index (χ0v) is 12.1. The summed E-state index contributed by atoms with van der Waals surface area (Å²) < 4.78 is 4.13. The molecule has 1 aliphatic heterocycles. The molecule has 2 aromatic rings. The lowest BCUT2D eigenvalue weighted by Gasteiger charge is -2.22. The standard InChI is InChI=1S/C14H21N5O/c1-3-11-7-12(19(4-2)17-11)14-16-15-13-6-5-10(9-20)8-18(13)14/h7,10,20H,3-6,8-9H2,1-2H3. The normalized spacial score (nSPS) is 18.2. The van der Waals surface area contributed by atoms with Crippen molar-refractivity contribution >= 4 is 0 Å². The molecular formula is C14H21N5O. The number of fused-ring (bicyclic) bond motifs is 1. The molecule has 0 aliphatic carbocycles. The molecule has 0 fully saturated rings. The SMILES string of the molecule is CCc1cc(-c2nnc3n2CC(CO)CC3)n(CC)n1. The van der Waals surface area contributed by atoms with E-state index in [-0.39, 0.29) is 6.61 Å². The molecule has 1 atom stereocenters. The average molecular weight is 275 g/mol. The van der Waals surface area contributed by atoms with E-state index in [1.165, 1.54) is 0 Å². The molecule has 3 rings (SSSR count). The maximum absolute atomic E-state index is 9.39. The lowest BCUT2D eigenvalue weighted by Crippen LogP contribution is -2.23. The van der Waals surface area contributed by atoms with Crippen LogP contribution in [-0.2, 0) is 25.9 Å². The highest BCUT2D eigenvalue weighted by atomic mass is 16.3. The van der Waals surface area contributed by atoms with Gasteiger partial charge in [-0.3, -0.25) is 4.68 Å². The smallest absolute Gasteiger partial charge is 0.182 e. The molecule has 0 saturated heterocycles. The minimum Gasteiger partial charge on any atom is -0.396 e. The highest BCUT2D eigenvalue weighted by molar-refractivity contribution is 5.51. The molecule has 0 amide bonds. The predicted molar refractivity (Wildman–Crippen MR) is 75.2 cm³/mol. The van der Waals surface area contributed by atoms with Crippen LogP contribution in [0.15, 0.2) is 6.07 Å². The van der Waals surface area contributed by atoms with Crippen LogP contribution in [0.3, 0.4) is 0 Å². The Labute approximate surface area is 118 Å². The Balaban J connectivity index is 2.03. The number of hydrogen-bond acceptors (Lipinski definition) is 4. The summed E-state index contributed by atoms with van der Waals surface area (Å²) in [5.74, 6) is 2.21. The second-order valence-electron chi connectivity index (χ2n) is 5.33. The van der Waals surface area contributed by atoms with Crippen LogP contribution in [-0.4, -0.2) is 36.3 Å². The monoisotopic (exact) mass is 275 g/mol. The van der Waals surface area contributed by atoms with Gasteiger partial charge < -0.3 is 9.67 Å². The molecule has 2 aromatic heterocycles. The summed E-state index contributed by atoms with van der Waals surface area (Å²) in [4.78, 5) is 0. The van der Waals surface area contributed by atoms with E-state index in [9.17, 15) is 5.11 Å². The molecule has 108 valence electrons. The topological polar surface area (TPSA) is 68.8 Å². The van der Waals surface area contributed by atoms with Gasteiger partial charge in [0.1, 0.15) is 11.5 Å². The first-order valence-electron chi connectivity index (χ1n) is 7.36. The highest BCUT2D eigenvalue weighted by Crippen LogP contribution is 2.26. The van der Waals surface area contributed by atoms with Crippen LogP contribution in [0, 0.1) is 5.92 Å². The second-order valence-corrected chi connectivity index (χ2v) is 5.33. The van der Waals surface area contributed by atoms with Gasteiger partial charge in [-0.2, -0.15) is 5.10 Å². The summed E-state index contributed by atoms with van der Waals surface area (Å²) in [6.07, 6.45) is 2.79. The Hall–Kier alpha value is -1.69. The molecule has 6 heteroatoms. The van der Waals surface area contributed by atoms with Crippen molar-refractivity contribution in [3.05, 3.63) is 17.6 Å². The molecule has 1 unspecified atom stereocenters. The summed E-state index contributed by atoms with van der Waals surface area (Å²) in [5.41, 5.74) is 2.11. The van der Waals surface area contributed by atoms with Crippen LogP contribution in [0.1, 0.15) is 31.8 Å². The summed E-state index contributed by atoms with van der Waals surface area (Å²) in [6, 6.07) is 2.10. The Morgan fingerprint density at radius 2 is 2.20 bits per heavy atom. The van der Waals surface area contributed by atoms with E-state index < -0.39 is 0 Å². The van der Waals surface area contributed by atoms with E-state index in [0.29, 0.717) is 5.92 Å². The van der Waals surface area contributed by atoms with Gasteiger partial charge in [0.05, 0.1) is 5.69 Å². The molecule has 20 heavy (non-hydrogen) atoms. The summed E-state index contributed by atoms with van der Waals surface area (Å²) in [5, 5.41) is 22.6. The first kappa shape index (κ1) is 13.3. The highest BCUT2D eigenvalue weighted by Gasteiger charge is 2.24. The third-order valence-corrected chi connectivity index (χ3v) is 4.02. The number of aliphatic hydroxyl groups is 1. The van der Waals surface area contributed by atoms with Crippen molar-refractivity contribution in [3.63, 3.8) is 0 Å². The van der Waals surface area contributed by atoms with E-state index in [4.69, 9.17) is 0 Å². The van der Waals surface area contributed by atoms with Gasteiger partial charge >= 0.3 is 0 Å². The zero-order chi connectivity index (χ0) is 14.1. The molecule has 1 N–H and O–H groups in total. The van der Waals surface area contributed by atoms with Crippen LogP contribution >= 0.6 is 0 Å². The fraction of sp³-hybridized carbons (Fsp3) is 0.643. The van der Waals surface area contributed by atoms with Crippen molar-refractivity contribution in [3.8, 4) is 11.5 Å². The number of aromatic nitrogens is 5. The van der Waals surface area contributed by atoms with Gasteiger partial charge in [0.15, 0.2) is 5.82 Å². The number of hydrogen-bond donors (Lipinski definition) is 1. The van der Waals surface area contributed by atoms with Crippen LogP contribution < -0.4 is 0 Å². The first-order chi connectivity index (χ1) is 9.76. The van der Waals surface area contributed by atoms with Crippen molar-refractivity contribution in [2.75, 3.05) is 6.61 Å². The minimum absolute atomic E-state index is 0.226. The van der Waals surface area contributed by atoms with Crippen LogP contribution in [0.5, 0.6) is 0 Å². The van der Waals surface area contributed by atoms with Crippen LogP contribution in [0.2, 0.25) is 0 Å². The van der Waals surface area contributed by atoms with Crippen molar-refractivity contribution in [2.24, 2.45) is 5.92 Å². The predicted octanol–water partition coefficient (Wildman–Crippen LogP) is 1.28. The fourth-order valence-corrected chi connectivity index (χ4v) is 2.80. The van der Waals surface area contributed by atoms with Gasteiger partial charge in [-0.05, 0) is 25.8 Å². The van der Waals surface area contributed by atoms with Gasteiger partial charge in [0.25, 0.3) is 0 Å². The Morgan fingerprint density at radius 1 is 1.35 bits per heavy atom. The van der Waals surface area contributed by atoms with Crippen LogP contribution in [0.25, 0.3) is 11.5 Å². The molecule has 0 bridgehead atoms. The molecule has 0 spiro atoms. The molecule has 0 radical (unpaired) electrons. The third-order valence-electron chi connectivity index (χ3n) is 4.02. The zero-order valence-electron chi connectivity index (χ0n) is 12.1. The van der Waals surface area contributed by atoms with Crippen molar-refractivity contribution in [1.29, 1.82) is 0 Å². The second kappa shape index (κ2) is 5.36. The maximum Gasteiger partial charge on any atom is 0.182 e. The number of rotatable bonds is 4. The molecule has 0 saturated carbocycles. The van der Waals surface area contributed by atoms with Gasteiger partial charge in [-0.1, -0.05) is 6.92 Å². The molecular weight excluding hydrogens is 254 g/mol. The van der Waals surface area contributed by atoms with E-state index >= 15 is 0 Å². The van der Waals surface area contributed by atoms with Crippen molar-refractivity contribution < 1.29 is 5.11 Å². The first-order valence-corrected chi connectivity index (χ1v) is 7.36. The quantitative estimate of drug-likeness (QED) is 0.912. The lowest BCUT2D eigenvalue weighted by molar-refractivity contribution is 0.191. The van der Waals surface area contributed by atoms with Gasteiger partial charge in [0, 0.05) is 32.0 Å². The molecule has 1 aliphatic rings. The Bertz CT molecular complexity index is 601. The summed E-state index contributed by atoms with van der Waals surface area (Å²) in [7, 11) is 0. The number of aryl methyl sites for hydroxylation is 3. The van der Waals surface area contributed by atoms with E-state index in [2.05, 4.69) is 39.8 Å². The maximum atomic E-state index is 9.39. The molecule has 0 aromatic carbocycles. The largest absolute Gasteiger partial charge is 0.396 e.